The van der Waals surface area contributed by atoms with E-state index in [0.717, 1.165) is 18.4 Å². The van der Waals surface area contributed by atoms with Crippen LogP contribution in [0.3, 0.4) is 0 Å². The summed E-state index contributed by atoms with van der Waals surface area (Å²) < 4.78 is 19.9. The first-order valence-corrected chi connectivity index (χ1v) is 10.0. The molecule has 29 heavy (non-hydrogen) atoms. The van der Waals surface area contributed by atoms with Crippen LogP contribution in [0, 0.1) is 5.82 Å². The summed E-state index contributed by atoms with van der Waals surface area (Å²) in [6.45, 7) is 4.28. The number of benzene rings is 2. The number of hydrogen-bond donors (Lipinski definition) is 1. The Morgan fingerprint density at radius 3 is 2.48 bits per heavy atom. The molecule has 4 nitrogen and oxygen atoms in total. The largest absolute Gasteiger partial charge is 0.455 e. The van der Waals surface area contributed by atoms with Crippen molar-refractivity contribution in [3.63, 3.8) is 0 Å². The van der Waals surface area contributed by atoms with E-state index in [1.54, 1.807) is 18.2 Å². The summed E-state index contributed by atoms with van der Waals surface area (Å²) >= 11 is 0. The standard InChI is InChI=1S/C24H27FN2O2/c1-2-3-15-26-24(28)23-14-13-21(29-23)18-27(16-19-9-5-4-6-10-19)17-20-11-7-8-12-22(20)25/h4-14H,2-3,15-18H2,1H3,(H,26,28). The Kier molecular flexibility index (Phi) is 7.59. The first kappa shape index (κ1) is 20.8. The molecular weight excluding hydrogens is 367 g/mol. The molecule has 0 bridgehead atoms. The minimum Gasteiger partial charge on any atom is -0.455 e. The molecule has 1 amide bonds. The van der Waals surface area contributed by atoms with Gasteiger partial charge in [0.1, 0.15) is 11.6 Å². The fourth-order valence-corrected chi connectivity index (χ4v) is 3.15. The van der Waals surface area contributed by atoms with Crippen molar-refractivity contribution in [3.8, 4) is 0 Å². The summed E-state index contributed by atoms with van der Waals surface area (Å²) in [4.78, 5) is 14.3. The molecule has 0 spiro atoms. The molecule has 0 aliphatic heterocycles. The highest BCUT2D eigenvalue weighted by Crippen LogP contribution is 2.18. The lowest BCUT2D eigenvalue weighted by Crippen LogP contribution is -2.24. The third-order valence-electron chi connectivity index (χ3n) is 4.68. The monoisotopic (exact) mass is 394 g/mol. The van der Waals surface area contributed by atoms with Gasteiger partial charge in [-0.3, -0.25) is 9.69 Å². The summed E-state index contributed by atoms with van der Waals surface area (Å²) in [5.74, 6) is 0.564. The molecule has 0 fully saturated rings. The lowest BCUT2D eigenvalue weighted by molar-refractivity contribution is 0.0921. The molecule has 0 aliphatic carbocycles. The van der Waals surface area contributed by atoms with Gasteiger partial charge < -0.3 is 9.73 Å². The number of furan rings is 1. The number of hydrogen-bond acceptors (Lipinski definition) is 3. The number of unbranched alkanes of at least 4 members (excludes halogenated alkanes) is 1. The molecule has 1 heterocycles. The van der Waals surface area contributed by atoms with E-state index in [2.05, 4.69) is 17.1 Å². The molecule has 0 saturated carbocycles. The lowest BCUT2D eigenvalue weighted by atomic mass is 10.1. The Hall–Kier alpha value is -2.92. The highest BCUT2D eigenvalue weighted by Gasteiger charge is 2.15. The van der Waals surface area contributed by atoms with Crippen LogP contribution in [0.25, 0.3) is 0 Å². The van der Waals surface area contributed by atoms with E-state index in [9.17, 15) is 9.18 Å². The van der Waals surface area contributed by atoms with E-state index < -0.39 is 0 Å². The van der Waals surface area contributed by atoms with E-state index in [1.807, 2.05) is 42.5 Å². The summed E-state index contributed by atoms with van der Waals surface area (Å²) in [7, 11) is 0. The molecule has 0 saturated heterocycles. The first-order chi connectivity index (χ1) is 14.2. The van der Waals surface area contributed by atoms with Crippen LogP contribution in [0.4, 0.5) is 4.39 Å². The predicted molar refractivity (Wildman–Crippen MR) is 112 cm³/mol. The smallest absolute Gasteiger partial charge is 0.286 e. The fraction of sp³-hybridized carbons (Fsp3) is 0.292. The van der Waals surface area contributed by atoms with Gasteiger partial charge in [-0.05, 0) is 30.2 Å². The number of nitrogens with one attached hydrogen (secondary N) is 1. The predicted octanol–water partition coefficient (Wildman–Crippen LogP) is 5.15. The van der Waals surface area contributed by atoms with Crippen LogP contribution in [0.15, 0.2) is 71.1 Å². The number of nitrogens with zero attached hydrogens (tertiary/aromatic N) is 1. The maximum absolute atomic E-state index is 14.2. The van der Waals surface area contributed by atoms with Crippen LogP contribution < -0.4 is 5.32 Å². The molecule has 0 atom stereocenters. The fourth-order valence-electron chi connectivity index (χ4n) is 3.15. The van der Waals surface area contributed by atoms with Crippen molar-refractivity contribution in [2.24, 2.45) is 0 Å². The van der Waals surface area contributed by atoms with Crippen LogP contribution in [0.2, 0.25) is 0 Å². The number of amides is 1. The van der Waals surface area contributed by atoms with E-state index >= 15 is 0 Å². The minimum absolute atomic E-state index is 0.201. The minimum atomic E-state index is -0.221. The van der Waals surface area contributed by atoms with Crippen molar-refractivity contribution in [3.05, 3.63) is 95.2 Å². The van der Waals surface area contributed by atoms with Gasteiger partial charge in [0.25, 0.3) is 5.91 Å². The summed E-state index contributed by atoms with van der Waals surface area (Å²) in [5, 5.41) is 2.86. The topological polar surface area (TPSA) is 45.5 Å². The van der Waals surface area contributed by atoms with Gasteiger partial charge in [-0.25, -0.2) is 4.39 Å². The summed E-state index contributed by atoms with van der Waals surface area (Å²) in [6.07, 6.45) is 1.96. The number of carbonyl (C=O) groups is 1. The van der Waals surface area contributed by atoms with Gasteiger partial charge in [0.05, 0.1) is 6.54 Å². The SMILES string of the molecule is CCCCNC(=O)c1ccc(CN(Cc2ccccc2)Cc2ccccc2F)o1. The number of carbonyl (C=O) groups excluding carboxylic acids is 1. The van der Waals surface area contributed by atoms with Crippen molar-refractivity contribution < 1.29 is 13.6 Å². The molecule has 3 rings (SSSR count). The quantitative estimate of drug-likeness (QED) is 0.484. The average molecular weight is 394 g/mol. The second-order valence-electron chi connectivity index (χ2n) is 7.10. The molecule has 0 unspecified atom stereocenters. The average Bonchev–Trinajstić information content (AvgIpc) is 3.19. The van der Waals surface area contributed by atoms with Crippen LogP contribution in [0.1, 0.15) is 47.2 Å². The van der Waals surface area contributed by atoms with Gasteiger partial charge >= 0.3 is 0 Å². The van der Waals surface area contributed by atoms with Gasteiger partial charge in [-0.2, -0.15) is 0 Å². The van der Waals surface area contributed by atoms with E-state index in [0.29, 0.717) is 43.3 Å². The summed E-state index contributed by atoms with van der Waals surface area (Å²) in [5.41, 5.74) is 1.76. The van der Waals surface area contributed by atoms with Gasteiger partial charge in [-0.15, -0.1) is 0 Å². The third-order valence-corrected chi connectivity index (χ3v) is 4.68. The zero-order valence-corrected chi connectivity index (χ0v) is 16.7. The molecule has 3 aromatic rings. The Bertz CT molecular complexity index is 908. The van der Waals surface area contributed by atoms with E-state index in [4.69, 9.17) is 4.42 Å². The van der Waals surface area contributed by atoms with Crippen LogP contribution in [-0.2, 0) is 19.6 Å². The molecular formula is C24H27FN2O2. The molecule has 152 valence electrons. The Balaban J connectivity index is 1.71. The Morgan fingerprint density at radius 1 is 0.966 bits per heavy atom. The van der Waals surface area contributed by atoms with Crippen LogP contribution in [0.5, 0.6) is 0 Å². The van der Waals surface area contributed by atoms with Crippen LogP contribution >= 0.6 is 0 Å². The van der Waals surface area contributed by atoms with Crippen molar-refractivity contribution in [2.45, 2.75) is 39.4 Å². The van der Waals surface area contributed by atoms with Gasteiger partial charge in [-0.1, -0.05) is 61.9 Å². The first-order valence-electron chi connectivity index (χ1n) is 10.0. The van der Waals surface area contributed by atoms with Gasteiger partial charge in [0.2, 0.25) is 0 Å². The van der Waals surface area contributed by atoms with Crippen molar-refractivity contribution in [1.29, 1.82) is 0 Å². The highest BCUT2D eigenvalue weighted by atomic mass is 19.1. The molecule has 0 radical (unpaired) electrons. The highest BCUT2D eigenvalue weighted by molar-refractivity contribution is 5.91. The molecule has 0 aliphatic rings. The van der Waals surface area contributed by atoms with Gasteiger partial charge in [0, 0.05) is 25.2 Å². The lowest BCUT2D eigenvalue weighted by Gasteiger charge is -2.22. The summed E-state index contributed by atoms with van der Waals surface area (Å²) in [6, 6.07) is 20.3. The molecule has 5 heteroatoms. The zero-order chi connectivity index (χ0) is 20.5. The molecule has 2 aromatic carbocycles. The van der Waals surface area contributed by atoms with Crippen molar-refractivity contribution in [1.82, 2.24) is 10.2 Å². The second kappa shape index (κ2) is 10.6. The number of rotatable bonds is 10. The van der Waals surface area contributed by atoms with Gasteiger partial charge in [0.15, 0.2) is 5.76 Å². The van der Waals surface area contributed by atoms with E-state index in [1.165, 1.54) is 6.07 Å². The zero-order valence-electron chi connectivity index (χ0n) is 16.7. The number of halogens is 1. The maximum Gasteiger partial charge on any atom is 0.286 e. The Labute approximate surface area is 171 Å². The van der Waals surface area contributed by atoms with Crippen molar-refractivity contribution in [2.75, 3.05) is 6.54 Å². The molecule has 1 aromatic heterocycles. The maximum atomic E-state index is 14.2. The Morgan fingerprint density at radius 2 is 1.72 bits per heavy atom. The van der Waals surface area contributed by atoms with Crippen LogP contribution in [-0.4, -0.2) is 17.4 Å². The molecule has 1 N–H and O–H groups in total. The third kappa shape index (κ3) is 6.29. The van der Waals surface area contributed by atoms with E-state index in [-0.39, 0.29) is 11.7 Å². The second-order valence-corrected chi connectivity index (χ2v) is 7.10. The van der Waals surface area contributed by atoms with Crippen molar-refractivity contribution >= 4 is 5.91 Å². The normalized spacial score (nSPS) is 11.0.